The molecule has 1 aromatic carbocycles. The van der Waals surface area contributed by atoms with Gasteiger partial charge in [-0.1, -0.05) is 30.9 Å². The molecule has 1 aromatic rings. The second-order valence-corrected chi connectivity index (χ2v) is 2.26. The van der Waals surface area contributed by atoms with Crippen LogP contribution in [0.2, 0.25) is 0 Å². The summed E-state index contributed by atoms with van der Waals surface area (Å²) in [5.41, 5.74) is -0.472. The fourth-order valence-electron chi connectivity index (χ4n) is 0.895. The largest absolute Gasteiger partial charge is 0.266 e. The first-order valence-electron chi connectivity index (χ1n) is 3.36. The van der Waals surface area contributed by atoms with Crippen molar-refractivity contribution in [1.29, 1.82) is 0 Å². The number of halogens is 3. The van der Waals surface area contributed by atoms with E-state index in [0.29, 0.717) is 0 Å². The van der Waals surface area contributed by atoms with Gasteiger partial charge >= 0.3 is 0 Å². The highest BCUT2D eigenvalue weighted by atomic mass is 19.3. The summed E-state index contributed by atoms with van der Waals surface area (Å²) in [7, 11) is 0. The summed E-state index contributed by atoms with van der Waals surface area (Å²) in [6.45, 7) is 3.31. The van der Waals surface area contributed by atoms with Gasteiger partial charge in [-0.2, -0.15) is 0 Å². The molecular formula is C9H7F3. The smallest absolute Gasteiger partial charge is 0.206 e. The molecule has 0 aliphatic rings. The first-order chi connectivity index (χ1) is 5.66. The lowest BCUT2D eigenvalue weighted by Crippen LogP contribution is -1.92. The lowest BCUT2D eigenvalue weighted by molar-refractivity contribution is 0.146. The van der Waals surface area contributed by atoms with E-state index in [1.165, 1.54) is 18.2 Å². The van der Waals surface area contributed by atoms with E-state index < -0.39 is 17.8 Å². The maximum atomic E-state index is 13.0. The quantitative estimate of drug-likeness (QED) is 0.641. The van der Waals surface area contributed by atoms with Crippen LogP contribution in [0.15, 0.2) is 24.8 Å². The monoisotopic (exact) mass is 172 g/mol. The Balaban J connectivity index is 3.22. The van der Waals surface area contributed by atoms with Crippen LogP contribution >= 0.6 is 0 Å². The first-order valence-corrected chi connectivity index (χ1v) is 3.36. The molecule has 0 nitrogen and oxygen atoms in total. The Morgan fingerprint density at radius 1 is 1.33 bits per heavy atom. The second-order valence-electron chi connectivity index (χ2n) is 2.26. The summed E-state index contributed by atoms with van der Waals surface area (Å²) in [6.07, 6.45) is -1.56. The average molecular weight is 172 g/mol. The van der Waals surface area contributed by atoms with E-state index in [9.17, 15) is 13.2 Å². The van der Waals surface area contributed by atoms with Crippen molar-refractivity contribution >= 4 is 6.08 Å². The van der Waals surface area contributed by atoms with Crippen molar-refractivity contribution in [2.45, 2.75) is 6.43 Å². The van der Waals surface area contributed by atoms with Crippen molar-refractivity contribution in [3.05, 3.63) is 41.7 Å². The van der Waals surface area contributed by atoms with Gasteiger partial charge in [0.05, 0.1) is 5.56 Å². The molecule has 0 saturated carbocycles. The summed E-state index contributed by atoms with van der Waals surface area (Å²) < 4.78 is 37.1. The first kappa shape index (κ1) is 8.84. The minimum absolute atomic E-state index is 0.104. The van der Waals surface area contributed by atoms with Crippen molar-refractivity contribution in [1.82, 2.24) is 0 Å². The third kappa shape index (κ3) is 1.49. The Labute approximate surface area is 68.3 Å². The number of rotatable bonds is 2. The van der Waals surface area contributed by atoms with Crippen LogP contribution in [0.5, 0.6) is 0 Å². The van der Waals surface area contributed by atoms with Gasteiger partial charge in [-0.15, -0.1) is 0 Å². The number of alkyl halides is 2. The second kappa shape index (κ2) is 3.43. The van der Waals surface area contributed by atoms with E-state index in [1.54, 1.807) is 0 Å². The molecule has 3 heteroatoms. The van der Waals surface area contributed by atoms with Crippen LogP contribution in [-0.4, -0.2) is 0 Å². The van der Waals surface area contributed by atoms with Gasteiger partial charge in [0.25, 0.3) is 6.43 Å². The van der Waals surface area contributed by atoms with E-state index in [0.717, 1.165) is 6.07 Å². The van der Waals surface area contributed by atoms with Gasteiger partial charge in [0.1, 0.15) is 5.82 Å². The molecule has 0 aliphatic carbocycles. The Kier molecular flexibility index (Phi) is 2.53. The van der Waals surface area contributed by atoms with Gasteiger partial charge in [0.2, 0.25) is 0 Å². The van der Waals surface area contributed by atoms with E-state index in [2.05, 4.69) is 6.58 Å². The minimum Gasteiger partial charge on any atom is -0.206 e. The summed E-state index contributed by atoms with van der Waals surface area (Å²) in [5, 5.41) is 0. The van der Waals surface area contributed by atoms with Crippen molar-refractivity contribution in [3.8, 4) is 0 Å². The zero-order chi connectivity index (χ0) is 9.14. The summed E-state index contributed by atoms with van der Waals surface area (Å²) in [4.78, 5) is 0. The SMILES string of the molecule is C=Cc1cccc(C(F)F)c1F. The highest BCUT2D eigenvalue weighted by molar-refractivity contribution is 5.49. The Bertz CT molecular complexity index is 292. The molecule has 0 aliphatic heterocycles. The standard InChI is InChI=1S/C9H7F3/c1-2-6-4-3-5-7(8(6)10)9(11)12/h2-5,9H,1H2. The maximum absolute atomic E-state index is 13.0. The molecule has 0 N–H and O–H groups in total. The predicted octanol–water partition coefficient (Wildman–Crippen LogP) is 3.41. The normalized spacial score (nSPS) is 10.3. The molecule has 0 spiro atoms. The number of hydrogen-bond acceptors (Lipinski definition) is 0. The molecule has 0 saturated heterocycles. The van der Waals surface area contributed by atoms with Crippen molar-refractivity contribution in [3.63, 3.8) is 0 Å². The topological polar surface area (TPSA) is 0 Å². The maximum Gasteiger partial charge on any atom is 0.266 e. The molecule has 0 heterocycles. The molecule has 12 heavy (non-hydrogen) atoms. The third-order valence-electron chi connectivity index (χ3n) is 1.51. The van der Waals surface area contributed by atoms with Crippen molar-refractivity contribution < 1.29 is 13.2 Å². The Morgan fingerprint density at radius 3 is 2.50 bits per heavy atom. The Hall–Kier alpha value is -1.25. The van der Waals surface area contributed by atoms with Crippen LogP contribution in [0.4, 0.5) is 13.2 Å². The van der Waals surface area contributed by atoms with Gasteiger partial charge in [-0.25, -0.2) is 13.2 Å². The van der Waals surface area contributed by atoms with E-state index in [4.69, 9.17) is 0 Å². The number of hydrogen-bond donors (Lipinski definition) is 0. The molecule has 1 rings (SSSR count). The molecule has 0 fully saturated rings. The molecule has 0 unspecified atom stereocenters. The van der Waals surface area contributed by atoms with E-state index in [-0.39, 0.29) is 5.56 Å². The Morgan fingerprint density at radius 2 is 2.00 bits per heavy atom. The fourth-order valence-corrected chi connectivity index (χ4v) is 0.895. The summed E-state index contributed by atoms with van der Waals surface area (Å²) in [5.74, 6) is -0.887. The molecule has 64 valence electrons. The zero-order valence-corrected chi connectivity index (χ0v) is 6.23. The van der Waals surface area contributed by atoms with Gasteiger partial charge in [0, 0.05) is 5.56 Å². The van der Waals surface area contributed by atoms with Crippen LogP contribution in [-0.2, 0) is 0 Å². The highest BCUT2D eigenvalue weighted by Crippen LogP contribution is 2.24. The van der Waals surface area contributed by atoms with Gasteiger partial charge in [-0.05, 0) is 0 Å². The predicted molar refractivity (Wildman–Crippen MR) is 41.4 cm³/mol. The fraction of sp³-hybridized carbons (Fsp3) is 0.111. The van der Waals surface area contributed by atoms with E-state index >= 15 is 0 Å². The lowest BCUT2D eigenvalue weighted by Gasteiger charge is -2.03. The molecule has 0 aromatic heterocycles. The minimum atomic E-state index is -2.77. The summed E-state index contributed by atoms with van der Waals surface area (Å²) in [6, 6.07) is 3.84. The van der Waals surface area contributed by atoms with Crippen LogP contribution in [0.3, 0.4) is 0 Å². The highest BCUT2D eigenvalue weighted by Gasteiger charge is 2.14. The van der Waals surface area contributed by atoms with E-state index in [1.807, 2.05) is 0 Å². The molecule has 0 radical (unpaired) electrons. The molecule has 0 bridgehead atoms. The zero-order valence-electron chi connectivity index (χ0n) is 6.23. The van der Waals surface area contributed by atoms with Crippen molar-refractivity contribution in [2.75, 3.05) is 0 Å². The summed E-state index contributed by atoms with van der Waals surface area (Å²) >= 11 is 0. The van der Waals surface area contributed by atoms with Gasteiger partial charge in [0.15, 0.2) is 0 Å². The third-order valence-corrected chi connectivity index (χ3v) is 1.51. The average Bonchev–Trinajstić information content (AvgIpc) is 2.04. The lowest BCUT2D eigenvalue weighted by atomic mass is 10.1. The van der Waals surface area contributed by atoms with Crippen molar-refractivity contribution in [2.24, 2.45) is 0 Å². The van der Waals surface area contributed by atoms with Crippen LogP contribution in [0, 0.1) is 5.82 Å². The number of benzene rings is 1. The van der Waals surface area contributed by atoms with Gasteiger partial charge < -0.3 is 0 Å². The molecule has 0 atom stereocenters. The van der Waals surface area contributed by atoms with Crippen LogP contribution in [0.1, 0.15) is 17.6 Å². The molecule has 0 amide bonds. The van der Waals surface area contributed by atoms with Gasteiger partial charge in [-0.3, -0.25) is 0 Å². The van der Waals surface area contributed by atoms with Crippen LogP contribution in [0.25, 0.3) is 6.08 Å². The van der Waals surface area contributed by atoms with Crippen LogP contribution < -0.4 is 0 Å². The molecular weight excluding hydrogens is 165 g/mol.